The summed E-state index contributed by atoms with van der Waals surface area (Å²) in [6.07, 6.45) is 2.00. The SMILES string of the molecule is O=C(COc1ccccc1Cl)OCCCn1cnc2ccccc2c1=O. The number of fused-ring (bicyclic) bond motifs is 1. The first-order valence-corrected chi connectivity index (χ1v) is 8.50. The van der Waals surface area contributed by atoms with Crippen molar-refractivity contribution in [3.05, 3.63) is 70.2 Å². The minimum absolute atomic E-state index is 0.107. The first-order valence-electron chi connectivity index (χ1n) is 8.12. The van der Waals surface area contributed by atoms with E-state index in [4.69, 9.17) is 21.1 Å². The lowest BCUT2D eigenvalue weighted by molar-refractivity contribution is -0.146. The lowest BCUT2D eigenvalue weighted by Gasteiger charge is -2.09. The number of hydrogen-bond donors (Lipinski definition) is 0. The summed E-state index contributed by atoms with van der Waals surface area (Å²) in [5, 5.41) is 1.00. The molecule has 6 nitrogen and oxygen atoms in total. The molecule has 0 saturated heterocycles. The van der Waals surface area contributed by atoms with E-state index in [0.29, 0.717) is 34.6 Å². The van der Waals surface area contributed by atoms with E-state index in [1.165, 1.54) is 10.9 Å². The minimum Gasteiger partial charge on any atom is -0.480 e. The van der Waals surface area contributed by atoms with Crippen LogP contribution in [0.25, 0.3) is 10.9 Å². The number of carbonyl (C=O) groups is 1. The molecule has 0 fully saturated rings. The smallest absolute Gasteiger partial charge is 0.344 e. The van der Waals surface area contributed by atoms with Crippen LogP contribution in [0.1, 0.15) is 6.42 Å². The number of halogens is 1. The third kappa shape index (κ3) is 4.40. The number of aromatic nitrogens is 2. The van der Waals surface area contributed by atoms with Gasteiger partial charge in [-0.25, -0.2) is 9.78 Å². The lowest BCUT2D eigenvalue weighted by atomic mass is 10.2. The highest BCUT2D eigenvalue weighted by molar-refractivity contribution is 6.32. The van der Waals surface area contributed by atoms with Gasteiger partial charge in [-0.05, 0) is 30.7 Å². The molecule has 0 radical (unpaired) electrons. The number of rotatable bonds is 7. The summed E-state index contributed by atoms with van der Waals surface area (Å²) in [7, 11) is 0. The van der Waals surface area contributed by atoms with Crippen LogP contribution in [0.4, 0.5) is 0 Å². The maximum Gasteiger partial charge on any atom is 0.344 e. The molecule has 26 heavy (non-hydrogen) atoms. The van der Waals surface area contributed by atoms with Crippen LogP contribution in [0.5, 0.6) is 5.75 Å². The predicted octanol–water partition coefficient (Wildman–Crippen LogP) is 3.06. The Kier molecular flexibility index (Phi) is 5.86. The lowest BCUT2D eigenvalue weighted by Crippen LogP contribution is -2.22. The molecule has 134 valence electrons. The van der Waals surface area contributed by atoms with Crippen molar-refractivity contribution in [2.75, 3.05) is 13.2 Å². The molecule has 0 bridgehead atoms. The molecule has 3 aromatic rings. The Labute approximate surface area is 154 Å². The number of ether oxygens (including phenoxy) is 2. The van der Waals surface area contributed by atoms with Gasteiger partial charge in [0, 0.05) is 6.54 Å². The van der Waals surface area contributed by atoms with Crippen LogP contribution < -0.4 is 10.3 Å². The summed E-state index contributed by atoms with van der Waals surface area (Å²) in [5.41, 5.74) is 0.556. The van der Waals surface area contributed by atoms with E-state index in [0.717, 1.165) is 0 Å². The molecule has 0 saturated carbocycles. The van der Waals surface area contributed by atoms with Crippen LogP contribution in [0, 0.1) is 0 Å². The zero-order valence-corrected chi connectivity index (χ0v) is 14.7. The molecular formula is C19H17ClN2O4. The highest BCUT2D eigenvalue weighted by Gasteiger charge is 2.07. The number of carbonyl (C=O) groups excluding carboxylic acids is 1. The van der Waals surface area contributed by atoms with Gasteiger partial charge < -0.3 is 9.47 Å². The molecule has 0 aliphatic rings. The normalized spacial score (nSPS) is 10.7. The number of para-hydroxylation sites is 2. The van der Waals surface area contributed by atoms with Crippen molar-refractivity contribution < 1.29 is 14.3 Å². The Balaban J connectivity index is 1.45. The van der Waals surface area contributed by atoms with E-state index in [-0.39, 0.29) is 18.8 Å². The summed E-state index contributed by atoms with van der Waals surface area (Å²) >= 11 is 5.94. The summed E-state index contributed by atoms with van der Waals surface area (Å²) in [6, 6.07) is 14.1. The van der Waals surface area contributed by atoms with Crippen molar-refractivity contribution >= 4 is 28.5 Å². The Morgan fingerprint density at radius 3 is 2.73 bits per heavy atom. The van der Waals surface area contributed by atoms with Crippen molar-refractivity contribution in [2.24, 2.45) is 0 Å². The molecule has 1 aromatic heterocycles. The van der Waals surface area contributed by atoms with Crippen LogP contribution in [0.2, 0.25) is 5.02 Å². The number of aryl methyl sites for hydroxylation is 1. The number of esters is 1. The van der Waals surface area contributed by atoms with Gasteiger partial charge in [0.2, 0.25) is 0 Å². The zero-order chi connectivity index (χ0) is 18.4. The average Bonchev–Trinajstić information content (AvgIpc) is 2.66. The zero-order valence-electron chi connectivity index (χ0n) is 13.9. The summed E-state index contributed by atoms with van der Waals surface area (Å²) in [6.45, 7) is 0.376. The van der Waals surface area contributed by atoms with E-state index >= 15 is 0 Å². The summed E-state index contributed by atoms with van der Waals surface area (Å²) < 4.78 is 11.9. The third-order valence-electron chi connectivity index (χ3n) is 3.72. The van der Waals surface area contributed by atoms with Crippen molar-refractivity contribution in [2.45, 2.75) is 13.0 Å². The molecule has 3 rings (SSSR count). The standard InChI is InChI=1S/C19H17ClN2O4/c20-15-7-2-4-9-17(15)26-12-18(23)25-11-5-10-22-13-21-16-8-3-1-6-14(16)19(22)24/h1-4,6-9,13H,5,10-12H2. The van der Waals surface area contributed by atoms with E-state index in [1.54, 1.807) is 42.5 Å². The highest BCUT2D eigenvalue weighted by atomic mass is 35.5. The Morgan fingerprint density at radius 2 is 1.88 bits per heavy atom. The molecule has 7 heteroatoms. The molecule has 0 N–H and O–H groups in total. The first kappa shape index (κ1) is 17.9. The number of nitrogens with zero attached hydrogens (tertiary/aromatic N) is 2. The Bertz CT molecular complexity index is 971. The second kappa shape index (κ2) is 8.49. The van der Waals surface area contributed by atoms with Gasteiger partial charge in [0.25, 0.3) is 5.56 Å². The molecule has 0 amide bonds. The number of benzene rings is 2. The second-order valence-corrected chi connectivity index (χ2v) is 5.96. The van der Waals surface area contributed by atoms with E-state index < -0.39 is 5.97 Å². The van der Waals surface area contributed by atoms with Gasteiger partial charge in [0.1, 0.15) is 5.75 Å². The molecular weight excluding hydrogens is 356 g/mol. The third-order valence-corrected chi connectivity index (χ3v) is 4.03. The fourth-order valence-electron chi connectivity index (χ4n) is 2.43. The highest BCUT2D eigenvalue weighted by Crippen LogP contribution is 2.22. The molecule has 0 unspecified atom stereocenters. The summed E-state index contributed by atoms with van der Waals surface area (Å²) in [5.74, 6) is -0.0613. The van der Waals surface area contributed by atoms with Crippen LogP contribution in [-0.4, -0.2) is 28.7 Å². The van der Waals surface area contributed by atoms with Gasteiger partial charge in [-0.3, -0.25) is 9.36 Å². The Hall–Kier alpha value is -2.86. The van der Waals surface area contributed by atoms with Crippen molar-refractivity contribution in [1.29, 1.82) is 0 Å². The topological polar surface area (TPSA) is 70.4 Å². The molecule has 0 atom stereocenters. The molecule has 0 spiro atoms. The van der Waals surface area contributed by atoms with Crippen LogP contribution in [0.3, 0.4) is 0 Å². The average molecular weight is 373 g/mol. The van der Waals surface area contributed by atoms with E-state index in [2.05, 4.69) is 4.98 Å². The van der Waals surface area contributed by atoms with Crippen molar-refractivity contribution in [3.63, 3.8) is 0 Å². The second-order valence-electron chi connectivity index (χ2n) is 5.55. The Morgan fingerprint density at radius 1 is 1.12 bits per heavy atom. The quantitative estimate of drug-likeness (QED) is 0.471. The van der Waals surface area contributed by atoms with Crippen molar-refractivity contribution in [3.8, 4) is 5.75 Å². The molecule has 1 heterocycles. The van der Waals surface area contributed by atoms with Gasteiger partial charge in [0.05, 0.1) is 28.9 Å². The van der Waals surface area contributed by atoms with Crippen LogP contribution >= 0.6 is 11.6 Å². The van der Waals surface area contributed by atoms with Gasteiger partial charge in [-0.15, -0.1) is 0 Å². The predicted molar refractivity (Wildman–Crippen MR) is 98.5 cm³/mol. The summed E-state index contributed by atoms with van der Waals surface area (Å²) in [4.78, 5) is 28.3. The van der Waals surface area contributed by atoms with E-state index in [9.17, 15) is 9.59 Å². The van der Waals surface area contributed by atoms with Gasteiger partial charge in [0.15, 0.2) is 6.61 Å². The van der Waals surface area contributed by atoms with Gasteiger partial charge in [-0.2, -0.15) is 0 Å². The van der Waals surface area contributed by atoms with Crippen molar-refractivity contribution in [1.82, 2.24) is 9.55 Å². The fourth-order valence-corrected chi connectivity index (χ4v) is 2.62. The maximum atomic E-state index is 12.3. The number of hydrogen-bond acceptors (Lipinski definition) is 5. The maximum absolute atomic E-state index is 12.3. The molecule has 2 aromatic carbocycles. The fraction of sp³-hybridized carbons (Fsp3) is 0.211. The molecule has 0 aliphatic carbocycles. The van der Waals surface area contributed by atoms with Gasteiger partial charge in [-0.1, -0.05) is 35.9 Å². The van der Waals surface area contributed by atoms with Crippen LogP contribution in [-0.2, 0) is 16.1 Å². The minimum atomic E-state index is -0.492. The largest absolute Gasteiger partial charge is 0.480 e. The van der Waals surface area contributed by atoms with E-state index in [1.807, 2.05) is 6.07 Å². The first-order chi connectivity index (χ1) is 12.6. The molecule has 0 aliphatic heterocycles. The van der Waals surface area contributed by atoms with Gasteiger partial charge >= 0.3 is 5.97 Å². The monoisotopic (exact) mass is 372 g/mol. The van der Waals surface area contributed by atoms with Crippen LogP contribution in [0.15, 0.2) is 59.7 Å².